The van der Waals surface area contributed by atoms with Gasteiger partial charge in [0.05, 0.1) is 35.0 Å². The minimum Gasteiger partial charge on any atom is -0.489 e. The number of ketones is 2. The fourth-order valence-corrected chi connectivity index (χ4v) is 10.3. The lowest BCUT2D eigenvalue weighted by molar-refractivity contribution is -0.148. The molecule has 15 heteroatoms. The van der Waals surface area contributed by atoms with E-state index in [1.165, 1.54) is 23.9 Å². The number of hydrogen-bond donors (Lipinski definition) is 1. The lowest BCUT2D eigenvalue weighted by Gasteiger charge is -2.32. The smallest absolute Gasteiger partial charge is 0.289 e. The van der Waals surface area contributed by atoms with Crippen molar-refractivity contribution in [1.82, 2.24) is 19.5 Å². The van der Waals surface area contributed by atoms with E-state index < -0.39 is 67.5 Å². The van der Waals surface area contributed by atoms with E-state index in [2.05, 4.69) is 21.5 Å². The number of anilines is 1. The van der Waals surface area contributed by atoms with E-state index in [0.29, 0.717) is 50.0 Å². The molecule has 2 saturated carbocycles. The number of Topliss-reactive ketones (excluding diaryl/α,β-unsaturated/α-hetero) is 2. The molecule has 0 radical (unpaired) electrons. The van der Waals surface area contributed by atoms with Crippen LogP contribution in [0.25, 0.3) is 10.8 Å². The van der Waals surface area contributed by atoms with E-state index in [4.69, 9.17) is 9.47 Å². The number of amides is 3. The largest absolute Gasteiger partial charge is 0.489 e. The van der Waals surface area contributed by atoms with Crippen molar-refractivity contribution in [2.45, 2.75) is 95.5 Å². The zero-order chi connectivity index (χ0) is 41.0. The summed E-state index contributed by atoms with van der Waals surface area (Å²) in [4.78, 5) is 79.1. The van der Waals surface area contributed by atoms with Crippen molar-refractivity contribution in [3.8, 4) is 11.6 Å². The van der Waals surface area contributed by atoms with Gasteiger partial charge in [-0.25, -0.2) is 13.4 Å². The molecule has 1 aromatic carbocycles. The van der Waals surface area contributed by atoms with Crippen LogP contribution in [0.3, 0.4) is 0 Å². The number of carbonyl (C=O) groups excluding carboxylic acids is 5. The molecule has 7 rings (SSSR count). The Morgan fingerprint density at radius 2 is 1.84 bits per heavy atom. The van der Waals surface area contributed by atoms with Crippen LogP contribution in [0.5, 0.6) is 11.6 Å². The van der Waals surface area contributed by atoms with Crippen molar-refractivity contribution in [1.29, 1.82) is 0 Å². The first-order chi connectivity index (χ1) is 26.9. The maximum absolute atomic E-state index is 14.9. The Morgan fingerprint density at radius 1 is 1.09 bits per heavy atom. The normalized spacial score (nSPS) is 30.4. The number of likely N-dealkylation sites (N-methyl/N-ethyl adjacent to an activating group) is 2. The van der Waals surface area contributed by atoms with Gasteiger partial charge in [-0.1, -0.05) is 26.0 Å². The van der Waals surface area contributed by atoms with Crippen LogP contribution in [0, 0.1) is 29.1 Å². The predicted octanol–water partition coefficient (Wildman–Crippen LogP) is 4.05. The van der Waals surface area contributed by atoms with E-state index in [1.54, 1.807) is 13.1 Å². The van der Waals surface area contributed by atoms with Gasteiger partial charge in [-0.3, -0.25) is 28.7 Å². The highest BCUT2D eigenvalue weighted by atomic mass is 32.2. The minimum absolute atomic E-state index is 0.00133. The molecule has 0 spiro atoms. The molecule has 4 heterocycles. The fraction of sp³-hybridized carbons (Fsp3) is 0.619. The van der Waals surface area contributed by atoms with E-state index in [9.17, 15) is 32.4 Å². The molecule has 0 unspecified atom stereocenters. The van der Waals surface area contributed by atoms with Gasteiger partial charge >= 0.3 is 0 Å². The summed E-state index contributed by atoms with van der Waals surface area (Å²) in [5, 5.41) is 1.52. The second-order valence-electron chi connectivity index (χ2n) is 17.6. The number of rotatable bonds is 8. The standard InChI is InChI=1S/C42H55N5O9S/c1-25-9-7-8-10-27-22-42(27,40(52)44-57(53,54)41(3)14-15-41)23-35(49)33-20-28(24-47(33)38(50)31(26(2)19-25)21-34(48)39(51)45(4)5)56-37-30-11-12-32-36(29(30)13-16-43-37)55-18-17-46(32)6/h8,10-13,16,25-28,31,33H,7,9,14-15,17-24H2,1-6H3,(H,44,52)/b10-8-/t25-,26+,27+,28+,31-,33-,42+/m0/s1. The molecule has 3 amide bonds. The van der Waals surface area contributed by atoms with Gasteiger partial charge in [0.15, 0.2) is 11.5 Å². The highest BCUT2D eigenvalue weighted by Crippen LogP contribution is 2.58. The van der Waals surface area contributed by atoms with E-state index in [1.807, 2.05) is 44.3 Å². The SMILES string of the molecule is C[C@H]1CC/C=C\[C@@H]2C[C@@]2(C(=O)NS(=O)(=O)C2(C)CC2)CC(=O)[C@@H]2C[C@@H](Oc3nccc4c5c(ccc34)N(C)CCO5)CN2C(=O)[C@@H](CC(=O)C(=O)N(C)C)[C@H](C)C1. The number of nitrogens with zero attached hydrogens (tertiary/aromatic N) is 4. The van der Waals surface area contributed by atoms with Crippen molar-refractivity contribution in [2.75, 3.05) is 45.7 Å². The van der Waals surface area contributed by atoms with Crippen molar-refractivity contribution < 1.29 is 41.9 Å². The summed E-state index contributed by atoms with van der Waals surface area (Å²) in [6.45, 7) is 6.87. The summed E-state index contributed by atoms with van der Waals surface area (Å²) < 4.78 is 40.4. The number of carbonyl (C=O) groups is 5. The number of aromatic nitrogens is 1. The van der Waals surface area contributed by atoms with Gasteiger partial charge in [0.1, 0.15) is 12.7 Å². The number of pyridine rings is 1. The predicted molar refractivity (Wildman–Crippen MR) is 213 cm³/mol. The Kier molecular flexibility index (Phi) is 10.9. The molecule has 3 fully saturated rings. The van der Waals surface area contributed by atoms with Gasteiger partial charge in [0.25, 0.3) is 5.91 Å². The monoisotopic (exact) mass is 805 g/mol. The number of nitrogens with one attached hydrogen (secondary N) is 1. The summed E-state index contributed by atoms with van der Waals surface area (Å²) in [6, 6.07) is 4.69. The second-order valence-corrected chi connectivity index (χ2v) is 19.8. The lowest BCUT2D eigenvalue weighted by Crippen LogP contribution is -2.48. The quantitative estimate of drug-likeness (QED) is 0.302. The highest BCUT2D eigenvalue weighted by Gasteiger charge is 2.62. The number of fused-ring (bicyclic) bond motifs is 5. The van der Waals surface area contributed by atoms with Crippen molar-refractivity contribution in [2.24, 2.45) is 29.1 Å². The molecule has 2 aromatic rings. The van der Waals surface area contributed by atoms with Gasteiger partial charge in [-0.05, 0) is 81.4 Å². The third-order valence-corrected chi connectivity index (χ3v) is 15.2. The van der Waals surface area contributed by atoms with Crippen molar-refractivity contribution in [3.05, 3.63) is 36.5 Å². The first-order valence-electron chi connectivity index (χ1n) is 20.2. The van der Waals surface area contributed by atoms with Crippen LogP contribution in [0.4, 0.5) is 5.69 Å². The maximum Gasteiger partial charge on any atom is 0.289 e. The maximum atomic E-state index is 14.9. The number of benzene rings is 1. The Morgan fingerprint density at radius 3 is 2.56 bits per heavy atom. The van der Waals surface area contributed by atoms with E-state index in [0.717, 1.165) is 29.8 Å². The van der Waals surface area contributed by atoms with Crippen LogP contribution in [-0.2, 0) is 34.0 Å². The molecule has 1 aromatic heterocycles. The molecule has 3 aliphatic heterocycles. The second kappa shape index (κ2) is 15.3. The molecular weight excluding hydrogens is 751 g/mol. The average molecular weight is 806 g/mol. The molecule has 1 N–H and O–H groups in total. The summed E-state index contributed by atoms with van der Waals surface area (Å²) in [6.07, 6.45) is 7.61. The summed E-state index contributed by atoms with van der Waals surface area (Å²) in [5.41, 5.74) is -0.355. The fourth-order valence-electron chi connectivity index (χ4n) is 8.92. The third kappa shape index (κ3) is 7.88. The van der Waals surface area contributed by atoms with Gasteiger partial charge in [0, 0.05) is 63.3 Å². The van der Waals surface area contributed by atoms with Crippen molar-refractivity contribution in [3.63, 3.8) is 0 Å². The number of ether oxygens (including phenoxy) is 2. The number of allylic oxidation sites excluding steroid dienone is 2. The Labute approximate surface area is 334 Å². The summed E-state index contributed by atoms with van der Waals surface area (Å²) >= 11 is 0. The van der Waals surface area contributed by atoms with E-state index in [-0.39, 0.29) is 43.6 Å². The molecule has 7 atom stereocenters. The molecule has 308 valence electrons. The van der Waals surface area contributed by atoms with Gasteiger partial charge in [-0.15, -0.1) is 0 Å². The Bertz CT molecular complexity index is 2120. The Balaban J connectivity index is 1.23. The number of sulfonamides is 1. The molecular formula is C42H55N5O9S. The van der Waals surface area contributed by atoms with Gasteiger partial charge in [-0.2, -0.15) is 0 Å². The summed E-state index contributed by atoms with van der Waals surface area (Å²) in [7, 11) is 1.00. The van der Waals surface area contributed by atoms with Crippen LogP contribution >= 0.6 is 0 Å². The molecule has 14 nitrogen and oxygen atoms in total. The zero-order valence-corrected chi connectivity index (χ0v) is 34.6. The van der Waals surface area contributed by atoms with Crippen LogP contribution in [-0.4, -0.2) is 110 Å². The Hall–Kier alpha value is -4.53. The van der Waals surface area contributed by atoms with Gasteiger partial charge < -0.3 is 24.2 Å². The topological polar surface area (TPSA) is 173 Å². The zero-order valence-electron chi connectivity index (χ0n) is 33.8. The number of hydrogen-bond acceptors (Lipinski definition) is 11. The van der Waals surface area contributed by atoms with Crippen molar-refractivity contribution >= 4 is 55.8 Å². The van der Waals surface area contributed by atoms with Crippen LogP contribution in [0.15, 0.2) is 36.5 Å². The van der Waals surface area contributed by atoms with Gasteiger partial charge in [0.2, 0.25) is 33.5 Å². The molecule has 5 aliphatic rings. The third-order valence-electron chi connectivity index (χ3n) is 13.0. The molecule has 1 saturated heterocycles. The molecule has 57 heavy (non-hydrogen) atoms. The minimum atomic E-state index is -3.97. The highest BCUT2D eigenvalue weighted by molar-refractivity contribution is 7.91. The lowest BCUT2D eigenvalue weighted by atomic mass is 9.81. The van der Waals surface area contributed by atoms with Crippen LogP contribution < -0.4 is 19.1 Å². The molecule has 0 bridgehead atoms. The first kappa shape index (κ1) is 40.7. The van der Waals surface area contributed by atoms with Crippen LogP contribution in [0.2, 0.25) is 0 Å². The van der Waals surface area contributed by atoms with E-state index >= 15 is 0 Å². The van der Waals surface area contributed by atoms with Crippen LogP contribution in [0.1, 0.15) is 78.6 Å². The first-order valence-corrected chi connectivity index (χ1v) is 21.7. The summed E-state index contributed by atoms with van der Waals surface area (Å²) in [5.74, 6) is -3.29. The molecule has 2 aliphatic carbocycles. The average Bonchev–Trinajstić information content (AvgIpc) is 4.05.